The molecule has 1 aliphatic rings. The minimum atomic E-state index is -1.20. The van der Waals surface area contributed by atoms with E-state index in [1.165, 1.54) is 7.05 Å². The van der Waals surface area contributed by atoms with Gasteiger partial charge in [0, 0.05) is 13.3 Å². The van der Waals surface area contributed by atoms with E-state index in [0.29, 0.717) is 0 Å². The summed E-state index contributed by atoms with van der Waals surface area (Å²) < 4.78 is 26.8. The van der Waals surface area contributed by atoms with Crippen LogP contribution in [0.25, 0.3) is 0 Å². The Morgan fingerprint density at radius 2 is 2.00 bits per heavy atom. The normalized spacial score (nSPS) is 17.8. The number of carbonyl (C=O) groups is 2. The van der Waals surface area contributed by atoms with Crippen molar-refractivity contribution >= 4 is 23.6 Å². The first-order chi connectivity index (χ1) is 8.06. The van der Waals surface area contributed by atoms with Crippen molar-refractivity contribution < 1.29 is 18.4 Å². The van der Waals surface area contributed by atoms with Gasteiger partial charge < -0.3 is 5.32 Å². The lowest BCUT2D eigenvalue weighted by molar-refractivity contribution is -0.121. The van der Waals surface area contributed by atoms with Crippen molar-refractivity contribution in [2.45, 2.75) is 0 Å². The highest BCUT2D eigenvalue weighted by Gasteiger charge is 2.33. The highest BCUT2D eigenvalue weighted by atomic mass is 19.1. The number of halogens is 2. The number of aliphatic imine (C=N–C) groups is 1. The third kappa shape index (κ3) is 1.71. The predicted molar refractivity (Wildman–Crippen MR) is 56.4 cm³/mol. The number of nitrogens with one attached hydrogen (secondary N) is 1. The third-order valence-corrected chi connectivity index (χ3v) is 2.49. The fraction of sp³-hybridized carbons (Fsp3) is 0.182. The lowest BCUT2D eigenvalue weighted by Crippen LogP contribution is -2.36. The number of hydrogen-bond acceptors (Lipinski definition) is 3. The van der Waals surface area contributed by atoms with Gasteiger partial charge in [-0.15, -0.1) is 0 Å². The van der Waals surface area contributed by atoms with Gasteiger partial charge in [0.05, 0.1) is 5.56 Å². The van der Waals surface area contributed by atoms with Gasteiger partial charge in [-0.05, 0) is 12.1 Å². The molecule has 1 N–H and O–H groups in total. The van der Waals surface area contributed by atoms with Crippen LogP contribution in [0.5, 0.6) is 0 Å². The molecule has 1 aliphatic heterocycles. The molecule has 0 fully saturated rings. The molecule has 0 saturated carbocycles. The molecule has 6 heteroatoms. The lowest BCUT2D eigenvalue weighted by atomic mass is 9.93. The van der Waals surface area contributed by atoms with Gasteiger partial charge in [-0.1, -0.05) is 0 Å². The Morgan fingerprint density at radius 3 is 2.65 bits per heavy atom. The number of fused-ring (bicyclic) bond motifs is 1. The van der Waals surface area contributed by atoms with Crippen molar-refractivity contribution in [2.75, 3.05) is 7.05 Å². The summed E-state index contributed by atoms with van der Waals surface area (Å²) in [4.78, 5) is 26.8. The van der Waals surface area contributed by atoms with E-state index in [9.17, 15) is 18.4 Å². The van der Waals surface area contributed by atoms with Crippen LogP contribution in [0.15, 0.2) is 17.1 Å². The zero-order valence-electron chi connectivity index (χ0n) is 8.83. The molecule has 88 valence electrons. The van der Waals surface area contributed by atoms with Gasteiger partial charge in [-0.2, -0.15) is 0 Å². The second-order valence-electron chi connectivity index (χ2n) is 3.49. The number of ketones is 1. The molecule has 1 aromatic rings. The second-order valence-corrected chi connectivity index (χ2v) is 3.49. The van der Waals surface area contributed by atoms with E-state index in [0.717, 1.165) is 18.3 Å². The van der Waals surface area contributed by atoms with E-state index in [1.807, 2.05) is 0 Å². The van der Waals surface area contributed by atoms with Crippen molar-refractivity contribution in [3.8, 4) is 0 Å². The maximum atomic E-state index is 13.4. The summed E-state index contributed by atoms with van der Waals surface area (Å²) in [6, 6.07) is 1.73. The Labute approximate surface area is 95.3 Å². The Bertz CT molecular complexity index is 541. The van der Waals surface area contributed by atoms with E-state index in [-0.39, 0.29) is 5.69 Å². The molecule has 0 bridgehead atoms. The molecule has 0 saturated heterocycles. The predicted octanol–water partition coefficient (Wildman–Crippen LogP) is 1.23. The molecule has 2 rings (SSSR count). The summed E-state index contributed by atoms with van der Waals surface area (Å²) in [6.07, 6.45) is 1.02. The van der Waals surface area contributed by atoms with Crippen LogP contribution in [-0.4, -0.2) is 25.0 Å². The summed E-state index contributed by atoms with van der Waals surface area (Å²) in [5, 5.41) is 2.26. The molecule has 1 aromatic carbocycles. The number of nitrogens with zero attached hydrogens (tertiary/aromatic N) is 1. The minimum absolute atomic E-state index is 0.352. The maximum Gasteiger partial charge on any atom is 0.236 e. The number of hydrogen-bond donors (Lipinski definition) is 1. The van der Waals surface area contributed by atoms with Crippen LogP contribution < -0.4 is 5.32 Å². The molecular weight excluding hydrogens is 230 g/mol. The van der Waals surface area contributed by atoms with Crippen LogP contribution in [0.3, 0.4) is 0 Å². The largest absolute Gasteiger partial charge is 0.358 e. The molecule has 0 radical (unpaired) electrons. The second kappa shape index (κ2) is 4.04. The molecule has 1 heterocycles. The first kappa shape index (κ1) is 11.4. The van der Waals surface area contributed by atoms with Crippen molar-refractivity contribution in [2.24, 2.45) is 10.9 Å². The summed E-state index contributed by atoms with van der Waals surface area (Å²) in [5.74, 6) is -4.26. The third-order valence-electron chi connectivity index (χ3n) is 2.49. The highest BCUT2D eigenvalue weighted by molar-refractivity contribution is 6.23. The van der Waals surface area contributed by atoms with E-state index in [1.54, 1.807) is 0 Å². The molecule has 1 atom stereocenters. The SMILES string of the molecule is CNC(=O)C1C=Nc2c(F)ccc(F)c2C1=O. The monoisotopic (exact) mass is 238 g/mol. The van der Waals surface area contributed by atoms with E-state index >= 15 is 0 Å². The van der Waals surface area contributed by atoms with Gasteiger partial charge in [0.15, 0.2) is 5.78 Å². The van der Waals surface area contributed by atoms with Crippen LogP contribution >= 0.6 is 0 Å². The smallest absolute Gasteiger partial charge is 0.236 e. The Kier molecular flexibility index (Phi) is 2.71. The Balaban J connectivity index is 2.56. The van der Waals surface area contributed by atoms with Crippen LogP contribution in [0, 0.1) is 17.6 Å². The van der Waals surface area contributed by atoms with Crippen LogP contribution in [0.2, 0.25) is 0 Å². The lowest BCUT2D eigenvalue weighted by Gasteiger charge is -2.16. The fourth-order valence-corrected chi connectivity index (χ4v) is 1.62. The molecule has 0 aliphatic carbocycles. The standard InChI is InChI=1S/C11H8F2N2O2/c1-14-11(17)5-4-15-9-7(13)3-2-6(12)8(9)10(5)16/h2-5H,1H3,(H,14,17). The van der Waals surface area contributed by atoms with E-state index < -0.39 is 34.8 Å². The molecule has 0 aromatic heterocycles. The van der Waals surface area contributed by atoms with Gasteiger partial charge in [0.1, 0.15) is 23.2 Å². The van der Waals surface area contributed by atoms with Crippen molar-refractivity contribution in [1.29, 1.82) is 0 Å². The Hall–Kier alpha value is -2.11. The molecule has 1 amide bonds. The maximum absolute atomic E-state index is 13.4. The number of benzene rings is 1. The van der Waals surface area contributed by atoms with Crippen LogP contribution in [0.1, 0.15) is 10.4 Å². The number of rotatable bonds is 1. The average molecular weight is 238 g/mol. The summed E-state index contributed by atoms with van der Waals surface area (Å²) in [6.45, 7) is 0. The molecule has 17 heavy (non-hydrogen) atoms. The first-order valence-electron chi connectivity index (χ1n) is 4.84. The summed E-state index contributed by atoms with van der Waals surface area (Å²) in [5.41, 5.74) is -0.823. The quantitative estimate of drug-likeness (QED) is 0.748. The van der Waals surface area contributed by atoms with Gasteiger partial charge in [-0.3, -0.25) is 14.6 Å². The van der Waals surface area contributed by atoms with Crippen LogP contribution in [-0.2, 0) is 4.79 Å². The number of amides is 1. The average Bonchev–Trinajstić information content (AvgIpc) is 2.33. The summed E-state index contributed by atoms with van der Waals surface area (Å²) >= 11 is 0. The molecule has 0 spiro atoms. The van der Waals surface area contributed by atoms with Gasteiger partial charge >= 0.3 is 0 Å². The van der Waals surface area contributed by atoms with Crippen molar-refractivity contribution in [3.05, 3.63) is 29.3 Å². The molecule has 1 unspecified atom stereocenters. The highest BCUT2D eigenvalue weighted by Crippen LogP contribution is 2.31. The van der Waals surface area contributed by atoms with E-state index in [4.69, 9.17) is 0 Å². The van der Waals surface area contributed by atoms with Crippen LogP contribution in [0.4, 0.5) is 14.5 Å². The zero-order valence-corrected chi connectivity index (χ0v) is 8.83. The molecular formula is C11H8F2N2O2. The number of Topliss-reactive ketones (excluding diaryl/α,β-unsaturated/α-hetero) is 1. The number of carbonyl (C=O) groups excluding carboxylic acids is 2. The summed E-state index contributed by atoms with van der Waals surface area (Å²) in [7, 11) is 1.35. The first-order valence-corrected chi connectivity index (χ1v) is 4.84. The Morgan fingerprint density at radius 1 is 1.35 bits per heavy atom. The topological polar surface area (TPSA) is 58.5 Å². The molecule has 4 nitrogen and oxygen atoms in total. The fourth-order valence-electron chi connectivity index (χ4n) is 1.62. The van der Waals surface area contributed by atoms with Crippen molar-refractivity contribution in [3.63, 3.8) is 0 Å². The van der Waals surface area contributed by atoms with Gasteiger partial charge in [0.25, 0.3) is 0 Å². The van der Waals surface area contributed by atoms with Crippen molar-refractivity contribution in [1.82, 2.24) is 5.32 Å². The van der Waals surface area contributed by atoms with Gasteiger partial charge in [-0.25, -0.2) is 8.78 Å². The van der Waals surface area contributed by atoms with E-state index in [2.05, 4.69) is 10.3 Å². The minimum Gasteiger partial charge on any atom is -0.358 e. The zero-order chi connectivity index (χ0) is 12.6. The van der Waals surface area contributed by atoms with Gasteiger partial charge in [0.2, 0.25) is 5.91 Å².